The highest BCUT2D eigenvalue weighted by Crippen LogP contribution is 2.36. The normalized spacial score (nSPS) is 12.8. The second-order valence-electron chi connectivity index (χ2n) is 4.45. The molecule has 0 fully saturated rings. The van der Waals surface area contributed by atoms with Crippen LogP contribution in [0.25, 0.3) is 0 Å². The zero-order valence-electron chi connectivity index (χ0n) is 9.43. The van der Waals surface area contributed by atoms with E-state index < -0.39 is 4.75 Å². The van der Waals surface area contributed by atoms with Gasteiger partial charge in [0.2, 0.25) is 0 Å². The first kappa shape index (κ1) is 12.8. The number of thioether (sulfide) groups is 1. The summed E-state index contributed by atoms with van der Waals surface area (Å²) in [5.74, 6) is -0.130. The fourth-order valence-electron chi connectivity index (χ4n) is 1.11. The summed E-state index contributed by atoms with van der Waals surface area (Å²) in [6, 6.07) is 0. The van der Waals surface area contributed by atoms with Crippen molar-refractivity contribution in [2.24, 2.45) is 0 Å². The lowest BCUT2D eigenvalue weighted by atomic mass is 10.2. The average molecular weight is 204 g/mol. The predicted octanol–water partition coefficient (Wildman–Crippen LogP) is 2.86. The van der Waals surface area contributed by atoms with Crippen LogP contribution in [0.4, 0.5) is 0 Å². The summed E-state index contributed by atoms with van der Waals surface area (Å²) in [5, 5.41) is 0. The summed E-state index contributed by atoms with van der Waals surface area (Å²) < 4.78 is 4.62. The van der Waals surface area contributed by atoms with Gasteiger partial charge in [-0.1, -0.05) is 20.8 Å². The van der Waals surface area contributed by atoms with Crippen molar-refractivity contribution in [3.05, 3.63) is 0 Å². The average Bonchev–Trinajstić information content (AvgIpc) is 1.82. The molecular formula is C10H20O2S. The van der Waals surface area contributed by atoms with Crippen LogP contribution in [0, 0.1) is 0 Å². The van der Waals surface area contributed by atoms with Crippen LogP contribution in [0.2, 0.25) is 0 Å². The lowest BCUT2D eigenvalue weighted by Gasteiger charge is -2.29. The topological polar surface area (TPSA) is 26.3 Å². The van der Waals surface area contributed by atoms with Gasteiger partial charge in [-0.25, -0.2) is 0 Å². The van der Waals surface area contributed by atoms with Crippen LogP contribution in [0.15, 0.2) is 0 Å². The van der Waals surface area contributed by atoms with Gasteiger partial charge in [0.1, 0.15) is 4.75 Å². The number of ether oxygens (including phenoxy) is 1. The molecule has 2 nitrogen and oxygen atoms in total. The molecule has 0 radical (unpaired) electrons. The molecule has 0 spiro atoms. The predicted molar refractivity (Wildman–Crippen MR) is 58.1 cm³/mol. The van der Waals surface area contributed by atoms with Gasteiger partial charge >= 0.3 is 5.97 Å². The molecule has 0 aromatic carbocycles. The van der Waals surface area contributed by atoms with Gasteiger partial charge in [0.05, 0.1) is 6.61 Å². The minimum absolute atomic E-state index is 0.0796. The third-order valence-electron chi connectivity index (χ3n) is 1.33. The summed E-state index contributed by atoms with van der Waals surface area (Å²) in [5.41, 5.74) is 0. The third-order valence-corrected chi connectivity index (χ3v) is 2.62. The van der Waals surface area contributed by atoms with Crippen LogP contribution >= 0.6 is 11.8 Å². The minimum Gasteiger partial charge on any atom is -0.465 e. The molecule has 0 unspecified atom stereocenters. The molecule has 0 aliphatic rings. The van der Waals surface area contributed by atoms with E-state index in [1.807, 2.05) is 20.8 Å². The molecule has 0 saturated carbocycles. The summed E-state index contributed by atoms with van der Waals surface area (Å²) in [6.07, 6.45) is 0. The number of esters is 1. The number of hydrogen-bond donors (Lipinski definition) is 0. The Hall–Kier alpha value is -0.180. The monoisotopic (exact) mass is 204 g/mol. The quantitative estimate of drug-likeness (QED) is 0.661. The van der Waals surface area contributed by atoms with E-state index in [0.29, 0.717) is 6.61 Å². The highest BCUT2D eigenvalue weighted by Gasteiger charge is 2.34. The molecule has 78 valence electrons. The van der Waals surface area contributed by atoms with Crippen LogP contribution in [-0.2, 0) is 9.53 Å². The van der Waals surface area contributed by atoms with Crippen molar-refractivity contribution in [1.29, 1.82) is 0 Å². The molecule has 13 heavy (non-hydrogen) atoms. The second kappa shape index (κ2) is 4.36. The van der Waals surface area contributed by atoms with Crippen LogP contribution in [0.1, 0.15) is 41.5 Å². The molecular weight excluding hydrogens is 184 g/mol. The Labute approximate surface area is 85.4 Å². The van der Waals surface area contributed by atoms with Crippen molar-refractivity contribution in [3.63, 3.8) is 0 Å². The molecule has 0 amide bonds. The van der Waals surface area contributed by atoms with Crippen molar-refractivity contribution >= 4 is 17.7 Å². The van der Waals surface area contributed by atoms with E-state index in [1.165, 1.54) is 0 Å². The van der Waals surface area contributed by atoms with Crippen LogP contribution < -0.4 is 0 Å². The molecule has 0 aromatic heterocycles. The maximum Gasteiger partial charge on any atom is 0.321 e. The van der Waals surface area contributed by atoms with E-state index in [0.717, 1.165) is 0 Å². The van der Waals surface area contributed by atoms with Gasteiger partial charge < -0.3 is 4.74 Å². The van der Waals surface area contributed by atoms with Gasteiger partial charge in [0.15, 0.2) is 0 Å². The molecule has 0 saturated heterocycles. The number of hydrogen-bond acceptors (Lipinski definition) is 3. The van der Waals surface area contributed by atoms with Crippen molar-refractivity contribution in [2.45, 2.75) is 51.0 Å². The van der Waals surface area contributed by atoms with E-state index in [2.05, 4.69) is 20.8 Å². The third kappa shape index (κ3) is 5.19. The molecule has 0 aliphatic carbocycles. The van der Waals surface area contributed by atoms with Crippen LogP contribution in [0.3, 0.4) is 0 Å². The van der Waals surface area contributed by atoms with Crippen molar-refractivity contribution in [2.75, 3.05) is 6.61 Å². The SMILES string of the molecule is CCOC(=O)C(C)(C)SC(C)(C)C. The van der Waals surface area contributed by atoms with Crippen LogP contribution in [-0.4, -0.2) is 22.1 Å². The van der Waals surface area contributed by atoms with Gasteiger partial charge in [0.25, 0.3) is 0 Å². The lowest BCUT2D eigenvalue weighted by Crippen LogP contribution is -2.34. The first-order chi connectivity index (χ1) is 5.69. The van der Waals surface area contributed by atoms with E-state index in [4.69, 9.17) is 4.74 Å². The van der Waals surface area contributed by atoms with Gasteiger partial charge in [-0.05, 0) is 20.8 Å². The second-order valence-corrected chi connectivity index (χ2v) is 6.89. The summed E-state index contributed by atoms with van der Waals surface area (Å²) >= 11 is 1.63. The molecule has 0 bridgehead atoms. The molecule has 0 aromatic rings. The maximum absolute atomic E-state index is 11.5. The first-order valence-electron chi connectivity index (χ1n) is 4.56. The lowest BCUT2D eigenvalue weighted by molar-refractivity contribution is -0.145. The van der Waals surface area contributed by atoms with Gasteiger partial charge in [-0.2, -0.15) is 0 Å². The van der Waals surface area contributed by atoms with Crippen LogP contribution in [0.5, 0.6) is 0 Å². The van der Waals surface area contributed by atoms with Gasteiger partial charge in [0, 0.05) is 4.75 Å². The van der Waals surface area contributed by atoms with E-state index in [1.54, 1.807) is 11.8 Å². The molecule has 3 heteroatoms. The standard InChI is InChI=1S/C10H20O2S/c1-7-12-8(11)10(5,6)13-9(2,3)4/h7H2,1-6H3. The van der Waals surface area contributed by atoms with E-state index in [-0.39, 0.29) is 10.7 Å². The highest BCUT2D eigenvalue weighted by molar-refractivity contribution is 8.02. The summed E-state index contributed by atoms with van der Waals surface area (Å²) in [6.45, 7) is 12.4. The molecule has 0 rings (SSSR count). The van der Waals surface area contributed by atoms with Crippen molar-refractivity contribution in [3.8, 4) is 0 Å². The first-order valence-corrected chi connectivity index (χ1v) is 5.38. The smallest absolute Gasteiger partial charge is 0.321 e. The number of carbonyl (C=O) groups excluding carboxylic acids is 1. The van der Waals surface area contributed by atoms with E-state index in [9.17, 15) is 4.79 Å². The summed E-state index contributed by atoms with van der Waals surface area (Å²) in [4.78, 5) is 11.5. The van der Waals surface area contributed by atoms with E-state index >= 15 is 0 Å². The van der Waals surface area contributed by atoms with Gasteiger partial charge in [-0.15, -0.1) is 11.8 Å². The Balaban J connectivity index is 4.30. The zero-order chi connectivity index (χ0) is 10.7. The number of rotatable bonds is 3. The Morgan fingerprint density at radius 3 is 2.00 bits per heavy atom. The van der Waals surface area contributed by atoms with Crippen molar-refractivity contribution < 1.29 is 9.53 Å². The van der Waals surface area contributed by atoms with Crippen molar-refractivity contribution in [1.82, 2.24) is 0 Å². The fourth-order valence-corrected chi connectivity index (χ4v) is 2.79. The Kier molecular flexibility index (Phi) is 4.30. The molecule has 0 aliphatic heterocycles. The highest BCUT2D eigenvalue weighted by atomic mass is 32.2. The molecule has 0 atom stereocenters. The Morgan fingerprint density at radius 1 is 1.23 bits per heavy atom. The Morgan fingerprint density at radius 2 is 1.69 bits per heavy atom. The molecule has 0 N–H and O–H groups in total. The zero-order valence-corrected chi connectivity index (χ0v) is 10.2. The largest absolute Gasteiger partial charge is 0.465 e. The molecule has 0 heterocycles. The fraction of sp³-hybridized carbons (Fsp3) is 0.900. The minimum atomic E-state index is -0.450. The Bertz CT molecular complexity index is 180. The summed E-state index contributed by atoms with van der Waals surface area (Å²) in [7, 11) is 0. The maximum atomic E-state index is 11.5. The van der Waals surface area contributed by atoms with Gasteiger partial charge in [-0.3, -0.25) is 4.79 Å². The number of carbonyl (C=O) groups is 1.